The molecule has 2 amide bonds. The van der Waals surface area contributed by atoms with E-state index in [1.54, 1.807) is 27.7 Å². The first-order valence-electron chi connectivity index (χ1n) is 20.3. The highest BCUT2D eigenvalue weighted by Gasteiger charge is 2.64. The summed E-state index contributed by atoms with van der Waals surface area (Å²) in [5, 5.41) is 4.90. The summed E-state index contributed by atoms with van der Waals surface area (Å²) in [7, 11) is 0. The Hall–Kier alpha value is -2.00. The van der Waals surface area contributed by atoms with Crippen LogP contribution in [-0.4, -0.2) is 109 Å². The quantitative estimate of drug-likeness (QED) is 0.0634. The molecular weight excluding hydrogens is 824 g/mol. The van der Waals surface area contributed by atoms with Crippen LogP contribution in [0.4, 0.5) is 43.9 Å². The number of ether oxygens (including phenoxy) is 5. The van der Waals surface area contributed by atoms with Gasteiger partial charge in [0.05, 0.1) is 59.8 Å². The minimum absolute atomic E-state index is 0.0389. The minimum atomic E-state index is -5.91. The standard InChI is InChI=1S/C40H71F10N3O7/c1-13-35(12,17-18-38(42,43)44)60-37(41,40(48,49)50)26-36(14-2,15-3)59-29(39(45,46)47)30(55)52-23-20-33(8,9)58-27-31(4,5)53-28(54)16-24-56-34(10,11)21-25-57-32(6,7)19-22-51/h29H,13-27,51H2,1-12H3,(H,52,55)(H,53,54). The molecule has 60 heavy (non-hydrogen) atoms. The Labute approximate surface area is 349 Å². The second kappa shape index (κ2) is 22.6. The lowest BCUT2D eigenvalue weighted by molar-refractivity contribution is -0.379. The highest BCUT2D eigenvalue weighted by Crippen LogP contribution is 2.48. The number of amides is 2. The van der Waals surface area contributed by atoms with Gasteiger partial charge >= 0.3 is 24.4 Å². The van der Waals surface area contributed by atoms with Crippen LogP contribution in [0.3, 0.4) is 0 Å². The number of rotatable bonds is 29. The van der Waals surface area contributed by atoms with Gasteiger partial charge in [-0.05, 0) is 114 Å². The molecule has 0 rings (SSSR count). The first kappa shape index (κ1) is 58.0. The Bertz CT molecular complexity index is 1310. The van der Waals surface area contributed by atoms with Gasteiger partial charge in [0, 0.05) is 19.4 Å². The number of carbonyl (C=O) groups excluding carboxylic acids is 2. The van der Waals surface area contributed by atoms with E-state index in [1.165, 1.54) is 6.92 Å². The van der Waals surface area contributed by atoms with Gasteiger partial charge in [-0.1, -0.05) is 20.8 Å². The van der Waals surface area contributed by atoms with Gasteiger partial charge in [0.15, 0.2) is 0 Å². The molecule has 0 aliphatic carbocycles. The number of nitrogens with one attached hydrogen (secondary N) is 2. The maximum atomic E-state index is 16.0. The van der Waals surface area contributed by atoms with Crippen molar-refractivity contribution in [1.29, 1.82) is 0 Å². The van der Waals surface area contributed by atoms with Crippen LogP contribution in [-0.2, 0) is 33.3 Å². The Balaban J connectivity index is 5.57. The summed E-state index contributed by atoms with van der Waals surface area (Å²) in [5.74, 6) is -6.85. The second-order valence-corrected chi connectivity index (χ2v) is 18.1. The predicted octanol–water partition coefficient (Wildman–Crippen LogP) is 9.55. The first-order valence-corrected chi connectivity index (χ1v) is 20.3. The van der Waals surface area contributed by atoms with E-state index < -0.39 is 109 Å². The summed E-state index contributed by atoms with van der Waals surface area (Å²) in [4.78, 5) is 25.7. The SMILES string of the molecule is CCC(C)(CCC(F)(F)F)OC(F)(CC(CC)(CC)OC(C(=O)NCCC(C)(C)OCC(C)(C)NC(=O)CCOC(C)(C)CCOC(C)(C)CCN)C(F)(F)F)C(F)(F)F. The van der Waals surface area contributed by atoms with E-state index in [9.17, 15) is 49.1 Å². The maximum Gasteiger partial charge on any atom is 0.448 e. The molecule has 3 unspecified atom stereocenters. The third-order valence-corrected chi connectivity index (χ3v) is 10.4. The summed E-state index contributed by atoms with van der Waals surface area (Å²) < 4.78 is 168. The summed E-state index contributed by atoms with van der Waals surface area (Å²) in [5.41, 5.74) is -2.24. The number of nitrogens with two attached hydrogens (primary N) is 1. The van der Waals surface area contributed by atoms with Crippen molar-refractivity contribution in [3.05, 3.63) is 0 Å². The van der Waals surface area contributed by atoms with Crippen molar-refractivity contribution in [1.82, 2.24) is 10.6 Å². The van der Waals surface area contributed by atoms with Gasteiger partial charge in [-0.25, -0.2) is 4.39 Å². The van der Waals surface area contributed by atoms with Gasteiger partial charge in [-0.15, -0.1) is 0 Å². The average molecular weight is 896 g/mol. The minimum Gasteiger partial charge on any atom is -0.375 e. The van der Waals surface area contributed by atoms with Gasteiger partial charge in [0.2, 0.25) is 12.0 Å². The van der Waals surface area contributed by atoms with Crippen molar-refractivity contribution < 1.29 is 77.2 Å². The fourth-order valence-corrected chi connectivity index (χ4v) is 5.92. The number of alkyl halides is 10. The van der Waals surface area contributed by atoms with Gasteiger partial charge in [-0.3, -0.25) is 9.59 Å². The van der Waals surface area contributed by atoms with Gasteiger partial charge in [-0.2, -0.15) is 39.5 Å². The van der Waals surface area contributed by atoms with Crippen LogP contribution in [0.25, 0.3) is 0 Å². The third kappa shape index (κ3) is 21.9. The molecule has 10 nitrogen and oxygen atoms in total. The molecule has 4 N–H and O–H groups in total. The Kier molecular flexibility index (Phi) is 21.8. The molecule has 0 bridgehead atoms. The summed E-state index contributed by atoms with van der Waals surface area (Å²) in [6.07, 6.45) is -24.7. The number of carbonyl (C=O) groups is 2. The monoisotopic (exact) mass is 896 g/mol. The highest BCUT2D eigenvalue weighted by atomic mass is 19.4. The van der Waals surface area contributed by atoms with E-state index in [1.807, 2.05) is 27.7 Å². The van der Waals surface area contributed by atoms with E-state index in [4.69, 9.17) is 29.4 Å². The average Bonchev–Trinajstić information content (AvgIpc) is 3.06. The van der Waals surface area contributed by atoms with Crippen LogP contribution >= 0.6 is 0 Å². The second-order valence-electron chi connectivity index (χ2n) is 18.1. The fourth-order valence-electron chi connectivity index (χ4n) is 5.92. The summed E-state index contributed by atoms with van der Waals surface area (Å²) in [6.45, 7) is 19.1. The third-order valence-electron chi connectivity index (χ3n) is 10.4. The van der Waals surface area contributed by atoms with E-state index >= 15 is 4.39 Å². The number of hydrogen-bond acceptors (Lipinski definition) is 8. The molecule has 358 valence electrons. The summed E-state index contributed by atoms with van der Waals surface area (Å²) >= 11 is 0. The molecule has 0 heterocycles. The zero-order valence-corrected chi connectivity index (χ0v) is 37.4. The van der Waals surface area contributed by atoms with Crippen molar-refractivity contribution in [3.8, 4) is 0 Å². The smallest absolute Gasteiger partial charge is 0.375 e. The van der Waals surface area contributed by atoms with Crippen molar-refractivity contribution in [3.63, 3.8) is 0 Å². The van der Waals surface area contributed by atoms with E-state index in [-0.39, 0.29) is 37.6 Å². The zero-order chi connectivity index (χ0) is 47.3. The van der Waals surface area contributed by atoms with Crippen LogP contribution in [0.5, 0.6) is 0 Å². The van der Waals surface area contributed by atoms with Gasteiger partial charge in [0.1, 0.15) is 0 Å². The molecule has 0 saturated carbocycles. The Morgan fingerprint density at radius 3 is 1.63 bits per heavy atom. The zero-order valence-electron chi connectivity index (χ0n) is 37.4. The molecule has 0 aliphatic heterocycles. The Morgan fingerprint density at radius 2 is 1.17 bits per heavy atom. The number of halogens is 10. The topological polar surface area (TPSA) is 130 Å². The largest absolute Gasteiger partial charge is 0.448 e. The molecule has 3 atom stereocenters. The molecule has 0 aromatic rings. The molecule has 0 radical (unpaired) electrons. The predicted molar refractivity (Wildman–Crippen MR) is 207 cm³/mol. The van der Waals surface area contributed by atoms with Gasteiger partial charge < -0.3 is 40.1 Å². The number of hydrogen-bond donors (Lipinski definition) is 3. The molecular formula is C40H71F10N3O7. The van der Waals surface area contributed by atoms with Crippen LogP contribution in [0.2, 0.25) is 0 Å². The van der Waals surface area contributed by atoms with Gasteiger partial charge in [0.25, 0.3) is 5.91 Å². The lowest BCUT2D eigenvalue weighted by atomic mass is 9.87. The maximum absolute atomic E-state index is 16.0. The summed E-state index contributed by atoms with van der Waals surface area (Å²) in [6, 6.07) is 0. The molecule has 20 heteroatoms. The lowest BCUT2D eigenvalue weighted by Crippen LogP contribution is -2.57. The van der Waals surface area contributed by atoms with Crippen LogP contribution in [0.15, 0.2) is 0 Å². The van der Waals surface area contributed by atoms with E-state index in [2.05, 4.69) is 10.6 Å². The molecule has 0 aliphatic rings. The van der Waals surface area contributed by atoms with Crippen molar-refractivity contribution in [2.75, 3.05) is 32.9 Å². The lowest BCUT2D eigenvalue weighted by Gasteiger charge is -2.44. The van der Waals surface area contributed by atoms with Crippen molar-refractivity contribution in [2.45, 2.75) is 211 Å². The fraction of sp³-hybridized carbons (Fsp3) is 0.950. The van der Waals surface area contributed by atoms with Crippen molar-refractivity contribution >= 4 is 11.8 Å². The van der Waals surface area contributed by atoms with E-state index in [0.717, 1.165) is 20.8 Å². The molecule has 0 aromatic carbocycles. The normalized spacial score (nSPS) is 16.6. The van der Waals surface area contributed by atoms with E-state index in [0.29, 0.717) is 26.0 Å². The molecule has 0 saturated heterocycles. The Morgan fingerprint density at radius 1 is 0.650 bits per heavy atom. The molecule has 0 fully saturated rings. The molecule has 0 aromatic heterocycles. The highest BCUT2D eigenvalue weighted by molar-refractivity contribution is 5.81. The van der Waals surface area contributed by atoms with Crippen LogP contribution < -0.4 is 16.4 Å². The first-order chi connectivity index (χ1) is 26.9. The van der Waals surface area contributed by atoms with Crippen LogP contribution in [0.1, 0.15) is 147 Å². The van der Waals surface area contributed by atoms with Crippen molar-refractivity contribution in [2.24, 2.45) is 5.73 Å². The van der Waals surface area contributed by atoms with Crippen LogP contribution in [0, 0.1) is 0 Å². The molecule has 0 spiro atoms.